The summed E-state index contributed by atoms with van der Waals surface area (Å²) < 4.78 is 17.5. The molecule has 1 rings (SSSR count). The number of rotatable bonds is 48. The van der Waals surface area contributed by atoms with Gasteiger partial charge in [-0.25, -0.2) is 0 Å². The number of hydrogen-bond acceptors (Lipinski definition) is 10. The largest absolute Gasteiger partial charge is 0.454 e. The summed E-state index contributed by atoms with van der Waals surface area (Å²) in [6, 6.07) is -1.04. The Kier molecular flexibility index (Phi) is 45.7. The molecule has 1 fully saturated rings. The fourth-order valence-electron chi connectivity index (χ4n) is 8.64. The Morgan fingerprint density at radius 1 is 0.542 bits per heavy atom. The molecule has 72 heavy (non-hydrogen) atoms. The number of aliphatic hydroxyl groups is 5. The molecule has 1 aliphatic heterocycles. The highest BCUT2D eigenvalue weighted by molar-refractivity contribution is 5.80. The molecule has 8 unspecified atom stereocenters. The highest BCUT2D eigenvalue weighted by atomic mass is 16.7. The zero-order valence-corrected chi connectivity index (χ0v) is 45.8. The summed E-state index contributed by atoms with van der Waals surface area (Å²) in [5.74, 6) is -1.27. The standard InChI is InChI=1S/C61H107NO10/c1-4-7-10-13-16-19-22-25-26-27-28-31-34-37-40-43-46-49-56(66)72-59-58(68)57(67)55(50-63)71-61(59)70-51-52(53(64)47-44-41-38-35-32-29-23-20-17-14-11-8-5-2)62-60(69)54(65)48-45-42-39-36-33-30-24-21-18-15-12-9-6-3/h16,19,25-26,28,31,33,36-37,40,44,47,52-55,57-59,61,63-65,67-68H,4-15,17-18,20-24,27,29-30,32,34-35,38-39,41-43,45-46,48-51H2,1-3H3,(H,62,69)/b19-16-,26-25-,31-28-,36-33-,40-37-,47-44+. The van der Waals surface area contributed by atoms with Gasteiger partial charge >= 0.3 is 5.97 Å². The van der Waals surface area contributed by atoms with E-state index in [9.17, 15) is 35.1 Å². The van der Waals surface area contributed by atoms with Crippen LogP contribution < -0.4 is 5.32 Å². The van der Waals surface area contributed by atoms with Crippen LogP contribution in [0.2, 0.25) is 0 Å². The molecule has 0 aromatic heterocycles. The third-order valence-electron chi connectivity index (χ3n) is 13.3. The van der Waals surface area contributed by atoms with Crippen LogP contribution in [0.5, 0.6) is 0 Å². The first-order chi connectivity index (χ1) is 35.2. The van der Waals surface area contributed by atoms with E-state index in [4.69, 9.17) is 14.2 Å². The monoisotopic (exact) mass is 1010 g/mol. The topological polar surface area (TPSA) is 175 Å². The van der Waals surface area contributed by atoms with E-state index in [1.807, 2.05) is 18.2 Å². The normalized spacial score (nSPS) is 20.0. The van der Waals surface area contributed by atoms with E-state index in [1.54, 1.807) is 6.08 Å². The third kappa shape index (κ3) is 36.9. The number of hydrogen-bond donors (Lipinski definition) is 6. The maximum absolute atomic E-state index is 13.4. The lowest BCUT2D eigenvalue weighted by Gasteiger charge is -2.41. The van der Waals surface area contributed by atoms with Gasteiger partial charge in [0.15, 0.2) is 12.4 Å². The molecule has 416 valence electrons. The van der Waals surface area contributed by atoms with Crippen LogP contribution in [0.4, 0.5) is 0 Å². The van der Waals surface area contributed by atoms with Crippen molar-refractivity contribution in [3.63, 3.8) is 0 Å². The Morgan fingerprint density at radius 2 is 0.958 bits per heavy atom. The molecule has 1 saturated heterocycles. The lowest BCUT2D eigenvalue weighted by molar-refractivity contribution is -0.305. The van der Waals surface area contributed by atoms with Crippen LogP contribution in [0.25, 0.3) is 0 Å². The van der Waals surface area contributed by atoms with Gasteiger partial charge < -0.3 is 45.1 Å². The van der Waals surface area contributed by atoms with Gasteiger partial charge in [0.2, 0.25) is 5.91 Å². The fraction of sp³-hybridized carbons (Fsp3) is 0.770. The van der Waals surface area contributed by atoms with E-state index >= 15 is 0 Å². The van der Waals surface area contributed by atoms with Crippen LogP contribution in [-0.2, 0) is 23.8 Å². The first kappa shape index (κ1) is 67.1. The Balaban J connectivity index is 2.78. The molecule has 11 heteroatoms. The number of carbonyl (C=O) groups is 2. The van der Waals surface area contributed by atoms with Crippen molar-refractivity contribution in [2.75, 3.05) is 13.2 Å². The number of nitrogens with one attached hydrogen (secondary N) is 1. The third-order valence-corrected chi connectivity index (χ3v) is 13.3. The van der Waals surface area contributed by atoms with E-state index in [1.165, 1.54) is 122 Å². The molecule has 8 atom stereocenters. The second-order valence-corrected chi connectivity index (χ2v) is 20.0. The predicted molar refractivity (Wildman–Crippen MR) is 296 cm³/mol. The fourth-order valence-corrected chi connectivity index (χ4v) is 8.64. The van der Waals surface area contributed by atoms with Gasteiger partial charge in [-0.3, -0.25) is 9.59 Å². The molecule has 0 aromatic rings. The van der Waals surface area contributed by atoms with E-state index in [2.05, 4.69) is 74.7 Å². The number of carbonyl (C=O) groups excluding carboxylic acids is 2. The van der Waals surface area contributed by atoms with Crippen molar-refractivity contribution in [2.45, 2.75) is 288 Å². The number of amides is 1. The highest BCUT2D eigenvalue weighted by Gasteiger charge is 2.47. The first-order valence-corrected chi connectivity index (χ1v) is 29.2. The molecule has 0 aliphatic carbocycles. The first-order valence-electron chi connectivity index (χ1n) is 29.2. The minimum atomic E-state index is -1.64. The SMILES string of the molecule is CCCCC/C=C\C/C=C\C/C=C\C/C=C\CCCC(=O)OC1C(OCC(NC(=O)C(O)CCCC/C=C\CCCCCCCCC)C(O)/C=C/CCCCCCCCCCCCC)OC(CO)C(O)C1O. The Morgan fingerprint density at radius 3 is 1.47 bits per heavy atom. The molecule has 0 aromatic carbocycles. The van der Waals surface area contributed by atoms with Gasteiger partial charge in [-0.05, 0) is 89.9 Å². The van der Waals surface area contributed by atoms with E-state index in [-0.39, 0.29) is 19.4 Å². The minimum Gasteiger partial charge on any atom is -0.454 e. The summed E-state index contributed by atoms with van der Waals surface area (Å²) in [6.45, 7) is 5.70. The number of unbranched alkanes of at least 4 members (excludes halogenated alkanes) is 24. The van der Waals surface area contributed by atoms with Crippen LogP contribution in [-0.4, -0.2) is 99.6 Å². The van der Waals surface area contributed by atoms with Crippen molar-refractivity contribution in [1.82, 2.24) is 5.32 Å². The van der Waals surface area contributed by atoms with Gasteiger partial charge in [0.05, 0.1) is 25.4 Å². The summed E-state index contributed by atoms with van der Waals surface area (Å²) in [6.07, 6.45) is 50.9. The Labute approximate surface area is 439 Å². The van der Waals surface area contributed by atoms with E-state index in [0.717, 1.165) is 64.2 Å². The molecule has 0 saturated carbocycles. The highest BCUT2D eigenvalue weighted by Crippen LogP contribution is 2.26. The smallest absolute Gasteiger partial charge is 0.306 e. The second-order valence-electron chi connectivity index (χ2n) is 20.0. The number of allylic oxidation sites excluding steroid dienone is 11. The molecule has 0 spiro atoms. The minimum absolute atomic E-state index is 0.0439. The Bertz CT molecular complexity index is 1440. The van der Waals surface area contributed by atoms with Crippen molar-refractivity contribution in [3.05, 3.63) is 72.9 Å². The average molecular weight is 1010 g/mol. The summed E-state index contributed by atoms with van der Waals surface area (Å²) in [7, 11) is 0. The molecule has 1 aliphatic rings. The molecule has 0 radical (unpaired) electrons. The maximum atomic E-state index is 13.4. The van der Waals surface area contributed by atoms with Crippen molar-refractivity contribution >= 4 is 11.9 Å². The quantitative estimate of drug-likeness (QED) is 0.0195. The summed E-state index contributed by atoms with van der Waals surface area (Å²) in [5, 5.41) is 56.8. The second kappa shape index (κ2) is 49.0. The van der Waals surface area contributed by atoms with E-state index < -0.39 is 67.4 Å². The summed E-state index contributed by atoms with van der Waals surface area (Å²) >= 11 is 0. The molecular weight excluding hydrogens is 907 g/mol. The van der Waals surface area contributed by atoms with Gasteiger partial charge in [-0.2, -0.15) is 0 Å². The predicted octanol–water partition coefficient (Wildman–Crippen LogP) is 13.2. The zero-order chi connectivity index (χ0) is 52.5. The lowest BCUT2D eigenvalue weighted by Crippen LogP contribution is -2.61. The molecule has 1 amide bonds. The molecule has 0 bridgehead atoms. The number of aliphatic hydroxyl groups excluding tert-OH is 5. The number of ether oxygens (including phenoxy) is 3. The van der Waals surface area contributed by atoms with Crippen molar-refractivity contribution in [3.8, 4) is 0 Å². The molecule has 11 nitrogen and oxygen atoms in total. The van der Waals surface area contributed by atoms with Gasteiger partial charge in [-0.15, -0.1) is 0 Å². The van der Waals surface area contributed by atoms with Gasteiger partial charge in [-0.1, -0.05) is 216 Å². The zero-order valence-electron chi connectivity index (χ0n) is 45.8. The Hall–Kier alpha value is -2.90. The van der Waals surface area contributed by atoms with E-state index in [0.29, 0.717) is 19.3 Å². The summed E-state index contributed by atoms with van der Waals surface area (Å²) in [5.41, 5.74) is 0. The van der Waals surface area contributed by atoms with Crippen molar-refractivity contribution in [2.24, 2.45) is 0 Å². The molecule has 1 heterocycles. The number of esters is 1. The van der Waals surface area contributed by atoms with Crippen LogP contribution in [0.15, 0.2) is 72.9 Å². The van der Waals surface area contributed by atoms with Crippen molar-refractivity contribution < 1.29 is 49.3 Å². The van der Waals surface area contributed by atoms with Crippen molar-refractivity contribution in [1.29, 1.82) is 0 Å². The van der Waals surface area contributed by atoms with Gasteiger partial charge in [0.25, 0.3) is 0 Å². The van der Waals surface area contributed by atoms with Gasteiger partial charge in [0.1, 0.15) is 24.4 Å². The van der Waals surface area contributed by atoms with Crippen LogP contribution >= 0.6 is 0 Å². The average Bonchev–Trinajstić information content (AvgIpc) is 3.38. The van der Waals surface area contributed by atoms with Crippen LogP contribution in [0.3, 0.4) is 0 Å². The lowest BCUT2D eigenvalue weighted by atomic mass is 9.99. The van der Waals surface area contributed by atoms with Crippen LogP contribution in [0.1, 0.15) is 239 Å². The summed E-state index contributed by atoms with van der Waals surface area (Å²) in [4.78, 5) is 26.4. The molecule has 6 N–H and O–H groups in total. The maximum Gasteiger partial charge on any atom is 0.306 e. The van der Waals surface area contributed by atoms with Crippen LogP contribution in [0, 0.1) is 0 Å². The molecular formula is C61H107NO10. The van der Waals surface area contributed by atoms with Gasteiger partial charge in [0, 0.05) is 6.42 Å².